The first-order valence-corrected chi connectivity index (χ1v) is 14.6. The topological polar surface area (TPSA) is 201 Å². The minimum absolute atomic E-state index is 0.0833. The van der Waals surface area contributed by atoms with Gasteiger partial charge in [0.1, 0.15) is 0 Å². The minimum Gasteiger partial charge on any atom is -0.481 e. The van der Waals surface area contributed by atoms with Crippen LogP contribution in [0.4, 0.5) is 0 Å². The van der Waals surface area contributed by atoms with Gasteiger partial charge in [-0.15, -0.1) is 0 Å². The molecular weight excluding hydrogens is 516 g/mol. The maximum absolute atomic E-state index is 10.3. The van der Waals surface area contributed by atoms with Gasteiger partial charge < -0.3 is 31.9 Å². The van der Waals surface area contributed by atoms with Crippen LogP contribution in [0.1, 0.15) is 136 Å². The number of hydrogen-bond acceptors (Lipinski definition) is 6. The van der Waals surface area contributed by atoms with Gasteiger partial charge in [-0.3, -0.25) is 9.59 Å². The van der Waals surface area contributed by atoms with E-state index in [2.05, 4.69) is 0 Å². The molecule has 0 saturated carbocycles. The van der Waals surface area contributed by atoms with Gasteiger partial charge in [0.2, 0.25) is 0 Å². The van der Waals surface area contributed by atoms with Crippen molar-refractivity contribution < 1.29 is 39.6 Å². The maximum atomic E-state index is 10.3. The first kappa shape index (κ1) is 39.2. The van der Waals surface area contributed by atoms with E-state index in [1.165, 1.54) is 75.6 Å². The van der Waals surface area contributed by atoms with E-state index in [0.29, 0.717) is 0 Å². The number of rotatable bonds is 22. The number of benzene rings is 1. The van der Waals surface area contributed by atoms with E-state index in [4.69, 9.17) is 31.9 Å². The third-order valence-electron chi connectivity index (χ3n) is 6.07. The molecule has 0 amide bonds. The second-order valence-corrected chi connectivity index (χ2v) is 9.71. The summed E-state index contributed by atoms with van der Waals surface area (Å²) in [5.41, 5.74) is 11.0. The van der Waals surface area contributed by atoms with Crippen LogP contribution in [0.2, 0.25) is 0 Å². The molecule has 1 aromatic rings. The first-order chi connectivity index (χ1) is 19.1. The number of nitrogens with two attached hydrogens (primary N) is 2. The highest BCUT2D eigenvalue weighted by Crippen LogP contribution is 2.11. The fourth-order valence-electron chi connectivity index (χ4n) is 3.72. The fraction of sp³-hybridized carbons (Fsp3) is 0.667. The summed E-state index contributed by atoms with van der Waals surface area (Å²) in [4.78, 5) is 41.1. The van der Waals surface area contributed by atoms with Crippen LogP contribution >= 0.6 is 0 Å². The molecule has 0 aliphatic rings. The molecule has 10 heteroatoms. The molecule has 0 fully saturated rings. The van der Waals surface area contributed by atoms with E-state index in [9.17, 15) is 19.2 Å². The van der Waals surface area contributed by atoms with Crippen LogP contribution < -0.4 is 11.5 Å². The lowest BCUT2D eigenvalue weighted by Crippen LogP contribution is -1.99. The number of carboxylic acid groups (broad SMARTS) is 4. The molecule has 230 valence electrons. The Balaban J connectivity index is 0. The van der Waals surface area contributed by atoms with Crippen LogP contribution in [-0.2, 0) is 9.59 Å². The Labute approximate surface area is 239 Å². The quantitative estimate of drug-likeness (QED) is 0.0879. The van der Waals surface area contributed by atoms with Crippen LogP contribution in [-0.4, -0.2) is 57.4 Å². The van der Waals surface area contributed by atoms with Gasteiger partial charge in [0, 0.05) is 12.8 Å². The lowest BCUT2D eigenvalue weighted by Gasteiger charge is -2.00. The molecule has 0 spiro atoms. The van der Waals surface area contributed by atoms with Crippen molar-refractivity contribution in [3.63, 3.8) is 0 Å². The number of unbranched alkanes of at least 4 members (excludes halogenated alkanes) is 14. The zero-order valence-electron chi connectivity index (χ0n) is 24.0. The largest absolute Gasteiger partial charge is 0.481 e. The molecule has 0 aromatic heterocycles. The summed E-state index contributed by atoms with van der Waals surface area (Å²) < 4.78 is 0. The van der Waals surface area contributed by atoms with Crippen LogP contribution in [0.25, 0.3) is 0 Å². The Morgan fingerprint density at radius 2 is 0.650 bits per heavy atom. The number of aliphatic carboxylic acids is 2. The Kier molecular flexibility index (Phi) is 28.4. The third-order valence-corrected chi connectivity index (χ3v) is 6.07. The van der Waals surface area contributed by atoms with Crippen LogP contribution in [0.15, 0.2) is 24.3 Å². The van der Waals surface area contributed by atoms with Crippen molar-refractivity contribution >= 4 is 23.9 Å². The molecule has 0 bridgehead atoms. The summed E-state index contributed by atoms with van der Waals surface area (Å²) in [5.74, 6) is -3.55. The van der Waals surface area contributed by atoms with Crippen molar-refractivity contribution in [2.75, 3.05) is 13.1 Å². The monoisotopic (exact) mass is 568 g/mol. The SMILES string of the molecule is NCCCCCCCCCCN.O=C(O)CCCCCCCCCCC(=O)O.O=C(O)c1ccc(C(=O)O)cc1. The van der Waals surface area contributed by atoms with E-state index in [-0.39, 0.29) is 24.0 Å². The predicted octanol–water partition coefficient (Wildman–Crippen LogP) is 6.16. The summed E-state index contributed by atoms with van der Waals surface area (Å²) >= 11 is 0. The lowest BCUT2D eigenvalue weighted by atomic mass is 10.1. The molecule has 0 saturated heterocycles. The standard InChI is InChI=1S/C12H22O4.C10H24N2.C8H6O4/c13-11(14)9-7-5-3-1-2-4-6-8-10-12(15)16;11-9-7-5-3-1-2-4-6-8-10-12;9-7(10)5-1-2-6(4-3-5)8(11)12/h1-10H2,(H,13,14)(H,15,16);1-12H2;1-4H,(H,9,10)(H,11,12). The number of aromatic carboxylic acids is 2. The maximum Gasteiger partial charge on any atom is 0.335 e. The third kappa shape index (κ3) is 29.6. The van der Waals surface area contributed by atoms with Crippen LogP contribution in [0.3, 0.4) is 0 Å². The Bertz CT molecular complexity index is 719. The van der Waals surface area contributed by atoms with Gasteiger partial charge >= 0.3 is 23.9 Å². The second-order valence-electron chi connectivity index (χ2n) is 9.71. The van der Waals surface area contributed by atoms with Crippen molar-refractivity contribution in [1.82, 2.24) is 0 Å². The normalized spacial score (nSPS) is 10.1. The second kappa shape index (κ2) is 29.0. The Morgan fingerprint density at radius 1 is 0.425 bits per heavy atom. The van der Waals surface area contributed by atoms with Crippen molar-refractivity contribution in [3.05, 3.63) is 35.4 Å². The van der Waals surface area contributed by atoms with E-state index in [1.807, 2.05) is 0 Å². The van der Waals surface area contributed by atoms with Gasteiger partial charge in [-0.25, -0.2) is 9.59 Å². The molecule has 0 aliphatic carbocycles. The van der Waals surface area contributed by atoms with Crippen molar-refractivity contribution in [3.8, 4) is 0 Å². The van der Waals surface area contributed by atoms with Crippen molar-refractivity contribution in [1.29, 1.82) is 0 Å². The summed E-state index contributed by atoms with van der Waals surface area (Å²) in [7, 11) is 0. The van der Waals surface area contributed by atoms with Crippen molar-refractivity contribution in [2.24, 2.45) is 11.5 Å². The van der Waals surface area contributed by atoms with Gasteiger partial charge in [-0.2, -0.15) is 0 Å². The summed E-state index contributed by atoms with van der Waals surface area (Å²) in [5, 5.41) is 33.8. The molecule has 0 heterocycles. The molecule has 0 atom stereocenters. The summed E-state index contributed by atoms with van der Waals surface area (Å²) in [6.07, 6.45) is 19.0. The average Bonchev–Trinajstić information content (AvgIpc) is 2.91. The van der Waals surface area contributed by atoms with Gasteiger partial charge in [0.05, 0.1) is 11.1 Å². The van der Waals surface area contributed by atoms with E-state index in [0.717, 1.165) is 64.5 Å². The molecule has 1 aromatic carbocycles. The zero-order chi connectivity index (χ0) is 30.4. The smallest absolute Gasteiger partial charge is 0.335 e. The van der Waals surface area contributed by atoms with E-state index >= 15 is 0 Å². The van der Waals surface area contributed by atoms with Gasteiger partial charge in [-0.05, 0) is 63.0 Å². The highest BCUT2D eigenvalue weighted by atomic mass is 16.4. The zero-order valence-corrected chi connectivity index (χ0v) is 24.0. The van der Waals surface area contributed by atoms with Crippen LogP contribution in [0.5, 0.6) is 0 Å². The molecule has 0 unspecified atom stereocenters. The number of carboxylic acids is 4. The molecule has 0 radical (unpaired) electrons. The highest BCUT2D eigenvalue weighted by Gasteiger charge is 2.05. The fourth-order valence-corrected chi connectivity index (χ4v) is 3.72. The summed E-state index contributed by atoms with van der Waals surface area (Å²) in [6.45, 7) is 1.71. The van der Waals surface area contributed by atoms with Gasteiger partial charge in [0.15, 0.2) is 0 Å². The highest BCUT2D eigenvalue weighted by molar-refractivity contribution is 5.91. The van der Waals surface area contributed by atoms with Gasteiger partial charge in [0.25, 0.3) is 0 Å². The molecule has 1 rings (SSSR count). The Morgan fingerprint density at radius 3 is 0.850 bits per heavy atom. The van der Waals surface area contributed by atoms with E-state index < -0.39 is 23.9 Å². The number of hydrogen-bond donors (Lipinski definition) is 6. The number of carbonyl (C=O) groups is 4. The first-order valence-electron chi connectivity index (χ1n) is 14.6. The van der Waals surface area contributed by atoms with Gasteiger partial charge in [-0.1, -0.05) is 77.0 Å². The molecule has 0 aliphatic heterocycles. The Hall–Kier alpha value is -2.98. The summed E-state index contributed by atoms with van der Waals surface area (Å²) in [6, 6.07) is 5.02. The molecule has 10 nitrogen and oxygen atoms in total. The minimum atomic E-state index is -1.06. The average molecular weight is 569 g/mol. The lowest BCUT2D eigenvalue weighted by molar-refractivity contribution is -0.138. The predicted molar refractivity (Wildman–Crippen MR) is 157 cm³/mol. The molecule has 8 N–H and O–H groups in total. The molecular formula is C30H52N2O8. The van der Waals surface area contributed by atoms with E-state index in [1.54, 1.807) is 0 Å². The van der Waals surface area contributed by atoms with Crippen molar-refractivity contribution in [2.45, 2.75) is 116 Å². The molecule has 40 heavy (non-hydrogen) atoms. The van der Waals surface area contributed by atoms with Crippen LogP contribution in [0, 0.1) is 0 Å².